The van der Waals surface area contributed by atoms with E-state index in [0.29, 0.717) is 34.2 Å². The van der Waals surface area contributed by atoms with Gasteiger partial charge in [-0.05, 0) is 48.5 Å². The summed E-state index contributed by atoms with van der Waals surface area (Å²) in [6, 6.07) is 24.8. The fraction of sp³-hybridized carbons (Fsp3) is 0.0333. The van der Waals surface area contributed by atoms with Gasteiger partial charge in [-0.25, -0.2) is 0 Å². The Balaban J connectivity index is 1.63. The fourth-order valence-corrected chi connectivity index (χ4v) is 5.44. The standard InChI is InChI=1S/C30H19ClN4O6S/c1-40-26-10-6-5-9-23(26)33-28(36)21(17-32)30-34(19-7-3-2-4-8-19)29(37)27(42-30)16-20-12-14-25(41-20)18-11-13-24(35(38)39)22(31)15-18/h2-16H,1H3,(H,33,36). The number of hydrogen-bond donors (Lipinski definition) is 1. The number of furan rings is 1. The summed E-state index contributed by atoms with van der Waals surface area (Å²) in [6.45, 7) is 0. The van der Waals surface area contributed by atoms with Crippen LogP contribution in [-0.4, -0.2) is 22.5 Å². The van der Waals surface area contributed by atoms with Gasteiger partial charge in [-0.2, -0.15) is 5.26 Å². The lowest BCUT2D eigenvalue weighted by Gasteiger charge is -2.09. The Morgan fingerprint density at radius 1 is 1.12 bits per heavy atom. The molecule has 2 heterocycles. The van der Waals surface area contributed by atoms with Crippen LogP contribution in [0.3, 0.4) is 0 Å². The number of nitrogens with one attached hydrogen (secondary N) is 1. The third-order valence-corrected chi connectivity index (χ3v) is 7.47. The third kappa shape index (κ3) is 5.57. The fourth-order valence-electron chi connectivity index (χ4n) is 4.11. The van der Waals surface area contributed by atoms with Gasteiger partial charge in [0.2, 0.25) is 0 Å². The Kier molecular flexibility index (Phi) is 8.01. The molecule has 1 amide bonds. The molecular weight excluding hydrogens is 580 g/mol. The maximum absolute atomic E-state index is 13.7. The minimum Gasteiger partial charge on any atom is -0.495 e. The monoisotopic (exact) mass is 598 g/mol. The van der Waals surface area contributed by atoms with Crippen molar-refractivity contribution in [3.63, 3.8) is 0 Å². The van der Waals surface area contributed by atoms with E-state index >= 15 is 0 Å². The molecule has 0 atom stereocenters. The first kappa shape index (κ1) is 28.1. The van der Waals surface area contributed by atoms with E-state index in [1.54, 1.807) is 66.7 Å². The minimum absolute atomic E-state index is 0.0426. The van der Waals surface area contributed by atoms with Gasteiger partial charge < -0.3 is 14.5 Å². The van der Waals surface area contributed by atoms with Crippen LogP contribution in [-0.2, 0) is 4.79 Å². The molecule has 12 heteroatoms. The molecule has 0 saturated heterocycles. The molecule has 5 rings (SSSR count). The number of anilines is 1. The second kappa shape index (κ2) is 12.0. The average molecular weight is 599 g/mol. The van der Waals surface area contributed by atoms with E-state index in [-0.39, 0.29) is 25.5 Å². The van der Waals surface area contributed by atoms with Crippen LogP contribution in [0.5, 0.6) is 5.75 Å². The summed E-state index contributed by atoms with van der Waals surface area (Å²) in [5.74, 6) is 0.377. The van der Waals surface area contributed by atoms with Gasteiger partial charge >= 0.3 is 0 Å². The van der Waals surface area contributed by atoms with Gasteiger partial charge in [0, 0.05) is 17.7 Å². The molecule has 0 spiro atoms. The van der Waals surface area contributed by atoms with Crippen LogP contribution in [0.1, 0.15) is 5.76 Å². The van der Waals surface area contributed by atoms with Crippen LogP contribution in [0.2, 0.25) is 5.02 Å². The maximum atomic E-state index is 13.7. The predicted molar refractivity (Wildman–Crippen MR) is 159 cm³/mol. The topological polar surface area (TPSA) is 140 Å². The van der Waals surface area contributed by atoms with E-state index < -0.39 is 16.4 Å². The predicted octanol–water partition coefficient (Wildman–Crippen LogP) is 4.87. The zero-order valence-corrected chi connectivity index (χ0v) is 23.3. The Morgan fingerprint density at radius 3 is 2.55 bits per heavy atom. The number of nitro groups is 1. The van der Waals surface area contributed by atoms with E-state index in [4.69, 9.17) is 20.8 Å². The first-order chi connectivity index (χ1) is 20.3. The molecule has 0 aliphatic heterocycles. The highest BCUT2D eigenvalue weighted by Gasteiger charge is 2.19. The molecule has 0 radical (unpaired) electrons. The number of ether oxygens (including phenoxy) is 1. The summed E-state index contributed by atoms with van der Waals surface area (Å²) in [6.07, 6.45) is 1.50. The van der Waals surface area contributed by atoms with Gasteiger partial charge in [-0.15, -0.1) is 11.3 Å². The number of carbonyl (C=O) groups excluding carboxylic acids is 1. The molecule has 0 bridgehead atoms. The van der Waals surface area contributed by atoms with Crippen LogP contribution in [0.15, 0.2) is 94.1 Å². The Labute approximate surface area is 246 Å². The van der Waals surface area contributed by atoms with E-state index in [0.717, 1.165) is 11.3 Å². The summed E-state index contributed by atoms with van der Waals surface area (Å²) in [5, 5.41) is 23.8. The summed E-state index contributed by atoms with van der Waals surface area (Å²) in [4.78, 5) is 37.5. The molecule has 0 aliphatic carbocycles. The lowest BCUT2D eigenvalue weighted by atomic mass is 10.1. The highest BCUT2D eigenvalue weighted by Crippen LogP contribution is 2.31. The number of halogens is 1. The van der Waals surface area contributed by atoms with Gasteiger partial charge in [-0.3, -0.25) is 24.3 Å². The molecule has 10 nitrogen and oxygen atoms in total. The molecule has 5 aromatic rings. The van der Waals surface area contributed by atoms with Crippen LogP contribution >= 0.6 is 22.9 Å². The van der Waals surface area contributed by atoms with Crippen molar-refractivity contribution in [1.82, 2.24) is 4.57 Å². The summed E-state index contributed by atoms with van der Waals surface area (Å²) >= 11 is 7.00. The first-order valence-electron chi connectivity index (χ1n) is 12.2. The zero-order chi connectivity index (χ0) is 29.8. The highest BCUT2D eigenvalue weighted by atomic mass is 35.5. The van der Waals surface area contributed by atoms with Gasteiger partial charge in [0.15, 0.2) is 5.57 Å². The first-order valence-corrected chi connectivity index (χ1v) is 13.4. The number of nitriles is 1. The van der Waals surface area contributed by atoms with Crippen LogP contribution in [0.25, 0.3) is 28.7 Å². The molecular formula is C30H19ClN4O6S. The van der Waals surface area contributed by atoms with Crippen molar-refractivity contribution in [1.29, 1.82) is 5.26 Å². The van der Waals surface area contributed by atoms with Crippen molar-refractivity contribution < 1.29 is 18.9 Å². The van der Waals surface area contributed by atoms with Gasteiger partial charge in [0.25, 0.3) is 17.2 Å². The Hall–Kier alpha value is -5.44. The number of thiazole rings is 1. The lowest BCUT2D eigenvalue weighted by Crippen LogP contribution is -2.32. The third-order valence-electron chi connectivity index (χ3n) is 6.07. The molecule has 2 aromatic heterocycles. The Bertz CT molecular complexity index is 2060. The number of rotatable bonds is 7. The maximum Gasteiger partial charge on any atom is 0.287 e. The van der Waals surface area contributed by atoms with Gasteiger partial charge in [0.05, 0.1) is 27.9 Å². The Morgan fingerprint density at radius 2 is 1.86 bits per heavy atom. The van der Waals surface area contributed by atoms with Gasteiger partial charge in [-0.1, -0.05) is 41.9 Å². The molecule has 1 N–H and O–H groups in total. The number of benzene rings is 3. The molecule has 0 aliphatic rings. The van der Waals surface area contributed by atoms with Crippen molar-refractivity contribution in [3.8, 4) is 28.8 Å². The van der Waals surface area contributed by atoms with Crippen molar-refractivity contribution >= 4 is 51.9 Å². The van der Waals surface area contributed by atoms with Crippen LogP contribution < -0.4 is 24.8 Å². The summed E-state index contributed by atoms with van der Waals surface area (Å²) in [7, 11) is 1.46. The molecule has 0 unspecified atom stereocenters. The van der Waals surface area contributed by atoms with Crippen molar-refractivity contribution in [3.05, 3.63) is 125 Å². The number of carbonyl (C=O) groups is 1. The second-order valence-corrected chi connectivity index (χ2v) is 10.1. The number of para-hydroxylation sites is 3. The smallest absolute Gasteiger partial charge is 0.287 e. The largest absolute Gasteiger partial charge is 0.495 e. The number of nitro benzene ring substituents is 1. The summed E-state index contributed by atoms with van der Waals surface area (Å²) in [5.41, 5.74) is 0.371. The number of methoxy groups -OCH3 is 1. The van der Waals surface area contributed by atoms with Gasteiger partial charge in [0.1, 0.15) is 33.0 Å². The van der Waals surface area contributed by atoms with E-state index in [1.807, 2.05) is 6.07 Å². The van der Waals surface area contributed by atoms with Crippen molar-refractivity contribution in [2.75, 3.05) is 12.4 Å². The minimum atomic E-state index is -0.713. The second-order valence-electron chi connectivity index (χ2n) is 8.66. The highest BCUT2D eigenvalue weighted by molar-refractivity contribution is 7.07. The zero-order valence-electron chi connectivity index (χ0n) is 21.7. The number of aromatic nitrogens is 1. The normalized spacial score (nSPS) is 12.0. The SMILES string of the molecule is COc1ccccc1NC(=O)C(C#N)=c1sc(=Cc2ccc(-c3ccc([N+](=O)[O-])c(Cl)c3)o2)c(=O)n1-c1ccccc1. The number of hydrogen-bond acceptors (Lipinski definition) is 8. The molecule has 42 heavy (non-hydrogen) atoms. The quantitative estimate of drug-likeness (QED) is 0.208. The number of amides is 1. The van der Waals surface area contributed by atoms with Crippen LogP contribution in [0.4, 0.5) is 11.4 Å². The van der Waals surface area contributed by atoms with Crippen molar-refractivity contribution in [2.45, 2.75) is 0 Å². The lowest BCUT2D eigenvalue weighted by molar-refractivity contribution is -0.384. The molecule has 208 valence electrons. The average Bonchev–Trinajstić information content (AvgIpc) is 3.58. The molecule has 0 saturated carbocycles. The summed E-state index contributed by atoms with van der Waals surface area (Å²) < 4.78 is 12.8. The van der Waals surface area contributed by atoms with E-state index in [1.165, 1.54) is 36.0 Å². The molecule has 3 aromatic carbocycles. The van der Waals surface area contributed by atoms with E-state index in [9.17, 15) is 25.0 Å². The van der Waals surface area contributed by atoms with E-state index in [2.05, 4.69) is 5.32 Å². The molecule has 0 fully saturated rings. The van der Waals surface area contributed by atoms with Crippen LogP contribution in [0, 0.1) is 21.4 Å². The number of nitrogens with zero attached hydrogens (tertiary/aromatic N) is 3. The van der Waals surface area contributed by atoms with Crippen molar-refractivity contribution in [2.24, 2.45) is 0 Å².